The molecule has 0 saturated carbocycles. The highest BCUT2D eigenvalue weighted by molar-refractivity contribution is 5.83. The van der Waals surface area contributed by atoms with Gasteiger partial charge in [0.25, 0.3) is 0 Å². The minimum Gasteiger partial charge on any atom is -0.455 e. The molecule has 3 rings (SSSR count). The molecule has 0 aromatic heterocycles. The molecule has 0 saturated heterocycles. The minimum atomic E-state index is -1.08. The lowest BCUT2D eigenvalue weighted by Gasteiger charge is -2.35. The summed E-state index contributed by atoms with van der Waals surface area (Å²) in [7, 11) is 0. The molecule has 0 amide bonds. The maximum atomic E-state index is 11.8. The molecule has 0 aliphatic carbocycles. The molecule has 0 fully saturated rings. The van der Waals surface area contributed by atoms with Gasteiger partial charge in [0, 0.05) is 13.0 Å². The average molecular weight is 382 g/mol. The van der Waals surface area contributed by atoms with Gasteiger partial charge in [0.05, 0.1) is 6.61 Å². The maximum Gasteiger partial charge on any atom is 0.330 e. The van der Waals surface area contributed by atoms with E-state index in [4.69, 9.17) is 14.2 Å². The lowest BCUT2D eigenvalue weighted by molar-refractivity contribution is -0.187. The largest absolute Gasteiger partial charge is 0.455 e. The smallest absolute Gasteiger partial charge is 0.330 e. The summed E-state index contributed by atoms with van der Waals surface area (Å²) in [5, 5.41) is 10.4. The van der Waals surface area contributed by atoms with Gasteiger partial charge in [-0.05, 0) is 17.2 Å². The van der Waals surface area contributed by atoms with Gasteiger partial charge in [-0.2, -0.15) is 0 Å². The van der Waals surface area contributed by atoms with Gasteiger partial charge in [-0.15, -0.1) is 0 Å². The number of benzene rings is 2. The maximum absolute atomic E-state index is 11.8. The Labute approximate surface area is 163 Å². The number of esters is 2. The molecule has 2 aromatic rings. The molecule has 6 nitrogen and oxygen atoms in total. The number of carbonyl (C=O) groups excluding carboxylic acids is 2. The molecular weight excluding hydrogens is 360 g/mol. The van der Waals surface area contributed by atoms with E-state index in [-0.39, 0.29) is 6.61 Å². The summed E-state index contributed by atoms with van der Waals surface area (Å²) < 4.78 is 16.9. The van der Waals surface area contributed by atoms with Crippen LogP contribution in [0.25, 0.3) is 0 Å². The second kappa shape index (κ2) is 9.30. The zero-order chi connectivity index (χ0) is 19.9. The van der Waals surface area contributed by atoms with Gasteiger partial charge in [-0.25, -0.2) is 4.79 Å². The number of rotatable bonds is 7. The Morgan fingerprint density at radius 1 is 1.11 bits per heavy atom. The van der Waals surface area contributed by atoms with Crippen molar-refractivity contribution < 1.29 is 28.9 Å². The molecule has 0 bridgehead atoms. The fourth-order valence-corrected chi connectivity index (χ4v) is 3.06. The molecule has 1 aliphatic rings. The van der Waals surface area contributed by atoms with E-state index in [9.17, 15) is 14.7 Å². The van der Waals surface area contributed by atoms with Gasteiger partial charge in [0.2, 0.25) is 0 Å². The van der Waals surface area contributed by atoms with Crippen LogP contribution in [0.3, 0.4) is 0 Å². The monoisotopic (exact) mass is 382 g/mol. The van der Waals surface area contributed by atoms with Crippen molar-refractivity contribution in [3.05, 3.63) is 83.9 Å². The number of aliphatic hydroxyl groups excluding tert-OH is 1. The molecule has 1 N–H and O–H groups in total. The van der Waals surface area contributed by atoms with Crippen LogP contribution in [-0.2, 0) is 30.4 Å². The molecular formula is C22H22O6. The van der Waals surface area contributed by atoms with E-state index in [1.165, 1.54) is 19.1 Å². The number of cyclic esters (lactones) is 1. The first-order valence-corrected chi connectivity index (χ1v) is 8.99. The fraction of sp³-hybridized carbons (Fsp3) is 0.273. The summed E-state index contributed by atoms with van der Waals surface area (Å²) in [4.78, 5) is 23.6. The lowest BCUT2D eigenvalue weighted by atomic mass is 9.95. The van der Waals surface area contributed by atoms with E-state index in [1.807, 2.05) is 48.5 Å². The normalized spacial score (nSPS) is 20.9. The Kier molecular flexibility index (Phi) is 6.57. The van der Waals surface area contributed by atoms with Crippen LogP contribution in [0, 0.1) is 0 Å². The second-order valence-corrected chi connectivity index (χ2v) is 6.45. The first-order valence-electron chi connectivity index (χ1n) is 8.99. The van der Waals surface area contributed by atoms with Crippen molar-refractivity contribution in [3.8, 4) is 0 Å². The van der Waals surface area contributed by atoms with Crippen LogP contribution < -0.4 is 0 Å². The van der Waals surface area contributed by atoms with Crippen LogP contribution in [-0.4, -0.2) is 35.4 Å². The number of hydrogen-bond donors (Lipinski definition) is 1. The molecule has 0 radical (unpaired) electrons. The Balaban J connectivity index is 1.93. The van der Waals surface area contributed by atoms with E-state index in [1.54, 1.807) is 12.1 Å². The van der Waals surface area contributed by atoms with Gasteiger partial charge in [0.15, 0.2) is 12.2 Å². The van der Waals surface area contributed by atoms with Crippen molar-refractivity contribution in [2.45, 2.75) is 37.9 Å². The number of ether oxygens (including phenoxy) is 3. The lowest BCUT2D eigenvalue weighted by Crippen LogP contribution is -2.47. The van der Waals surface area contributed by atoms with Crippen LogP contribution in [0.5, 0.6) is 0 Å². The summed E-state index contributed by atoms with van der Waals surface area (Å²) in [6, 6.07) is 18.5. The van der Waals surface area contributed by atoms with Crippen LogP contribution in [0.2, 0.25) is 0 Å². The second-order valence-electron chi connectivity index (χ2n) is 6.45. The van der Waals surface area contributed by atoms with Crippen LogP contribution in [0.1, 0.15) is 24.2 Å². The van der Waals surface area contributed by atoms with Crippen LogP contribution in [0.15, 0.2) is 72.8 Å². The zero-order valence-corrected chi connectivity index (χ0v) is 15.4. The van der Waals surface area contributed by atoms with E-state index in [2.05, 4.69) is 0 Å². The average Bonchev–Trinajstić information content (AvgIpc) is 2.71. The van der Waals surface area contributed by atoms with Gasteiger partial charge in [-0.1, -0.05) is 60.7 Å². The Hall–Kier alpha value is -2.96. The molecule has 1 heterocycles. The molecule has 6 heteroatoms. The predicted octanol–water partition coefficient (Wildman–Crippen LogP) is 2.72. The Bertz CT molecular complexity index is 817. The molecule has 0 unspecified atom stereocenters. The highest BCUT2D eigenvalue weighted by Crippen LogP contribution is 2.31. The highest BCUT2D eigenvalue weighted by Gasteiger charge is 2.41. The van der Waals surface area contributed by atoms with Crippen molar-refractivity contribution >= 4 is 11.9 Å². The molecule has 2 aromatic carbocycles. The van der Waals surface area contributed by atoms with Crippen LogP contribution in [0.4, 0.5) is 0 Å². The quantitative estimate of drug-likeness (QED) is 0.742. The topological polar surface area (TPSA) is 82.1 Å². The minimum absolute atomic E-state index is 0.195. The highest BCUT2D eigenvalue weighted by atomic mass is 16.6. The summed E-state index contributed by atoms with van der Waals surface area (Å²) in [5.74, 6) is -1.09. The third kappa shape index (κ3) is 5.06. The third-order valence-electron chi connectivity index (χ3n) is 4.35. The summed E-state index contributed by atoms with van der Waals surface area (Å²) in [5.41, 5.74) is 1.57. The summed E-state index contributed by atoms with van der Waals surface area (Å²) in [6.45, 7) is 1.49. The van der Waals surface area contributed by atoms with Crippen molar-refractivity contribution in [3.63, 3.8) is 0 Å². The third-order valence-corrected chi connectivity index (χ3v) is 4.35. The number of carbonyl (C=O) groups is 2. The summed E-state index contributed by atoms with van der Waals surface area (Å²) in [6.07, 6.45) is -1.35. The van der Waals surface area contributed by atoms with Crippen LogP contribution >= 0.6 is 0 Å². The van der Waals surface area contributed by atoms with Gasteiger partial charge >= 0.3 is 11.9 Å². The number of hydrogen-bond acceptors (Lipinski definition) is 6. The first kappa shape index (κ1) is 19.8. The molecule has 146 valence electrons. The fourth-order valence-electron chi connectivity index (χ4n) is 3.06. The standard InChI is InChI=1S/C22H22O6/c1-15(23)27-20(17-10-6-3-7-11-17)22(21-18(24)12-13-19(25)28-21)26-14-16-8-4-2-5-9-16/h2-13,18,20-22,24H,14H2,1H3/t18-,20+,21+,22+/m0/s1. The molecule has 28 heavy (non-hydrogen) atoms. The number of aliphatic hydroxyl groups is 1. The molecule has 1 aliphatic heterocycles. The Morgan fingerprint density at radius 3 is 2.39 bits per heavy atom. The van der Waals surface area contributed by atoms with Crippen molar-refractivity contribution in [2.75, 3.05) is 0 Å². The first-order chi connectivity index (χ1) is 13.5. The van der Waals surface area contributed by atoms with E-state index >= 15 is 0 Å². The molecule has 4 atom stereocenters. The van der Waals surface area contributed by atoms with Gasteiger partial charge < -0.3 is 19.3 Å². The van der Waals surface area contributed by atoms with E-state index in [0.717, 1.165) is 5.56 Å². The summed E-state index contributed by atoms with van der Waals surface area (Å²) >= 11 is 0. The van der Waals surface area contributed by atoms with Crippen molar-refractivity contribution in [2.24, 2.45) is 0 Å². The van der Waals surface area contributed by atoms with E-state index in [0.29, 0.717) is 5.56 Å². The van der Waals surface area contributed by atoms with E-state index < -0.39 is 36.4 Å². The van der Waals surface area contributed by atoms with Crippen molar-refractivity contribution in [1.29, 1.82) is 0 Å². The predicted molar refractivity (Wildman–Crippen MR) is 101 cm³/mol. The zero-order valence-electron chi connectivity index (χ0n) is 15.4. The van der Waals surface area contributed by atoms with Gasteiger partial charge in [0.1, 0.15) is 12.2 Å². The van der Waals surface area contributed by atoms with Crippen molar-refractivity contribution in [1.82, 2.24) is 0 Å². The SMILES string of the molecule is CC(=O)O[C@H](c1ccccc1)[C@@H](OCc1ccccc1)[C@@H]1OC(=O)C=C[C@@H]1O. The van der Waals surface area contributed by atoms with Gasteiger partial charge in [-0.3, -0.25) is 4.79 Å². The Morgan fingerprint density at radius 2 is 1.75 bits per heavy atom. The molecule has 0 spiro atoms.